The van der Waals surface area contributed by atoms with Gasteiger partial charge in [0.1, 0.15) is 165 Å². The Morgan fingerprint density at radius 3 is 1.20 bits per heavy atom. The van der Waals surface area contributed by atoms with E-state index in [0.717, 1.165) is 6.92 Å². The van der Waals surface area contributed by atoms with E-state index in [9.17, 15) is 112 Å². The molecule has 0 aromatic heterocycles. The summed E-state index contributed by atoms with van der Waals surface area (Å²) in [4.78, 5) is 13.0. The van der Waals surface area contributed by atoms with Crippen molar-refractivity contribution in [1.29, 1.82) is 0 Å². The van der Waals surface area contributed by atoms with Crippen LogP contribution in [0.4, 0.5) is 0 Å². The van der Waals surface area contributed by atoms with E-state index in [1.54, 1.807) is 0 Å². The Hall–Kier alpha value is -1.89. The van der Waals surface area contributed by atoms with E-state index in [1.807, 2.05) is 0 Å². The maximum atomic E-state index is 13.0. The highest BCUT2D eigenvalue weighted by molar-refractivity contribution is 5.73. The zero-order chi connectivity index (χ0) is 58.9. The molecule has 466 valence electrons. The molecule has 22 N–H and O–H groups in total. The first-order valence-electron chi connectivity index (χ1n) is 25.5. The zero-order valence-electron chi connectivity index (χ0n) is 42.6. The van der Waals surface area contributed by atoms with E-state index in [0.29, 0.717) is 0 Å². The number of carbonyl (C=O) groups excluding carboxylic acids is 1. The number of amides is 1. The van der Waals surface area contributed by atoms with Crippen LogP contribution in [0, 0.1) is 0 Å². The molecular weight excluding hydrogens is 1100 g/mol. The fraction of sp³-hybridized carbons (Fsp3) is 0.977. The minimum Gasteiger partial charge on any atom is -0.394 e. The van der Waals surface area contributed by atoms with E-state index in [-0.39, 0.29) is 0 Å². The summed E-state index contributed by atoms with van der Waals surface area (Å²) >= 11 is 0. The number of rotatable bonds is 19. The van der Waals surface area contributed by atoms with E-state index in [4.69, 9.17) is 61.6 Å². The first-order chi connectivity index (χ1) is 37.8. The van der Waals surface area contributed by atoms with Gasteiger partial charge in [0, 0.05) is 6.92 Å². The lowest BCUT2D eigenvalue weighted by atomic mass is 9.94. The highest BCUT2D eigenvalue weighted by atomic mass is 16.8. The van der Waals surface area contributed by atoms with Gasteiger partial charge in [0.05, 0.1) is 45.7 Å². The summed E-state index contributed by atoms with van der Waals surface area (Å²) in [5, 5.41) is 228. The van der Waals surface area contributed by atoms with E-state index in [2.05, 4.69) is 5.32 Å². The van der Waals surface area contributed by atoms with Crippen molar-refractivity contribution in [3.8, 4) is 0 Å². The van der Waals surface area contributed by atoms with Crippen molar-refractivity contribution < 1.29 is 174 Å². The van der Waals surface area contributed by atoms with Crippen LogP contribution >= 0.6 is 0 Å². The SMILES string of the molecule is CC(=O)N[C@H]1[C@H](O[C@H]2[C@@H](O)[C@@H](CO)O[C@H](O[C@@H]3[C@H](O)[C@@H](O)[C@H](O[C@H]4[C@H](O)[C@@H](O)C(O)O[C@@H]4CO)O[C@@H]3CO)[C@@H]2O)O[C@H](CO)[C@H](O)[C@@H]1O[C@@H]1O[C@H](CO)[C@H](O)[C@H](O[C@H]2O[C@H](CO)[C@H](O)[C@H](O)[C@H]2O)[C@H]1O[C@@H]1O[C@@H](C)[C@@H](O)[C@@H](O)[C@@H]1O. The lowest BCUT2D eigenvalue weighted by Gasteiger charge is -2.51. The summed E-state index contributed by atoms with van der Waals surface area (Å²) in [7, 11) is 0. The van der Waals surface area contributed by atoms with E-state index >= 15 is 0 Å². The maximum Gasteiger partial charge on any atom is 0.217 e. The smallest absolute Gasteiger partial charge is 0.217 e. The molecule has 80 heavy (non-hydrogen) atoms. The molecular formula is C44H75NO35. The number of hydrogen-bond acceptors (Lipinski definition) is 35. The quantitative estimate of drug-likeness (QED) is 0.0571. The predicted octanol–water partition coefficient (Wildman–Crippen LogP) is -15.1. The van der Waals surface area contributed by atoms with Gasteiger partial charge < -0.3 is 174 Å². The van der Waals surface area contributed by atoms with Crippen molar-refractivity contribution in [2.24, 2.45) is 0 Å². The maximum absolute atomic E-state index is 13.0. The topological polar surface area (TPSA) is 574 Å². The Balaban J connectivity index is 1.17. The largest absolute Gasteiger partial charge is 0.394 e. The van der Waals surface area contributed by atoms with Crippen LogP contribution in [0.15, 0.2) is 0 Å². The van der Waals surface area contributed by atoms with Crippen molar-refractivity contribution >= 4 is 5.91 Å². The summed E-state index contributed by atoms with van der Waals surface area (Å²) in [5.74, 6) is -0.934. The molecule has 0 aromatic carbocycles. The van der Waals surface area contributed by atoms with Gasteiger partial charge in [-0.05, 0) is 6.92 Å². The highest BCUT2D eigenvalue weighted by Crippen LogP contribution is 2.39. The molecule has 7 heterocycles. The molecule has 7 saturated heterocycles. The third-order valence-corrected chi connectivity index (χ3v) is 14.9. The summed E-state index contributed by atoms with van der Waals surface area (Å²) in [6.45, 7) is -3.93. The molecule has 1 amide bonds. The van der Waals surface area contributed by atoms with Gasteiger partial charge in [-0.3, -0.25) is 4.79 Å². The van der Waals surface area contributed by atoms with Crippen LogP contribution < -0.4 is 5.32 Å². The van der Waals surface area contributed by atoms with Gasteiger partial charge in [-0.15, -0.1) is 0 Å². The molecule has 7 rings (SSSR count). The second-order valence-electron chi connectivity index (χ2n) is 20.3. The molecule has 0 aromatic rings. The third-order valence-electron chi connectivity index (χ3n) is 14.9. The summed E-state index contributed by atoms with van der Waals surface area (Å²) in [5.41, 5.74) is 0. The van der Waals surface area contributed by atoms with Crippen molar-refractivity contribution in [2.45, 2.75) is 229 Å². The van der Waals surface area contributed by atoms with Crippen LogP contribution in [0.3, 0.4) is 0 Å². The number of aliphatic hydroxyl groups is 21. The van der Waals surface area contributed by atoms with Gasteiger partial charge in [0.25, 0.3) is 0 Å². The molecule has 35 atom stereocenters. The Bertz CT molecular complexity index is 1920. The molecule has 0 aliphatic carbocycles. The van der Waals surface area contributed by atoms with Gasteiger partial charge in [-0.25, -0.2) is 0 Å². The molecule has 1 unspecified atom stereocenters. The van der Waals surface area contributed by atoms with Gasteiger partial charge in [0.15, 0.2) is 44.0 Å². The summed E-state index contributed by atoms with van der Waals surface area (Å²) in [6, 6.07) is -1.91. The highest BCUT2D eigenvalue weighted by Gasteiger charge is 2.59. The molecule has 7 aliphatic heterocycles. The van der Waals surface area contributed by atoms with Crippen molar-refractivity contribution in [3.63, 3.8) is 0 Å². The van der Waals surface area contributed by atoms with Crippen LogP contribution in [0.1, 0.15) is 13.8 Å². The lowest BCUT2D eigenvalue weighted by Crippen LogP contribution is -2.71. The number of ether oxygens (including phenoxy) is 13. The fourth-order valence-corrected chi connectivity index (χ4v) is 10.3. The fourth-order valence-electron chi connectivity index (χ4n) is 10.3. The average molecular weight is 1180 g/mol. The normalized spacial score (nSPS) is 52.4. The molecule has 0 radical (unpaired) electrons. The molecule has 0 bridgehead atoms. The summed E-state index contributed by atoms with van der Waals surface area (Å²) < 4.78 is 74.9. The monoisotopic (exact) mass is 1180 g/mol. The van der Waals surface area contributed by atoms with Crippen molar-refractivity contribution in [2.75, 3.05) is 39.6 Å². The van der Waals surface area contributed by atoms with Crippen LogP contribution in [0.25, 0.3) is 0 Å². The minimum atomic E-state index is -2.29. The minimum absolute atomic E-state index is 0.898. The average Bonchev–Trinajstić information content (AvgIpc) is 3.60. The van der Waals surface area contributed by atoms with Gasteiger partial charge >= 0.3 is 0 Å². The first kappa shape index (κ1) is 65.6. The lowest BCUT2D eigenvalue weighted by molar-refractivity contribution is -0.404. The molecule has 0 saturated carbocycles. The summed E-state index contributed by atoms with van der Waals surface area (Å²) in [6.07, 6.45) is -66.8. The Morgan fingerprint density at radius 2 is 0.675 bits per heavy atom. The standard InChI is InChI=1S/C44H75NO35/c1-9-18(53)23(58)28(63)40(68-9)80-37-36(79-41-29(64)24(59)19(54)11(3-46)71-41)22(57)14(6-49)73-44(37)77-34-17(45-10(2)52)39(70-12(4-47)20(34)55)78-35-21(56)13(5-48)72-43(31(35)66)76-33-16(8-51)74-42(30(65)26(33)61)75-32-15(7-50)69-38(67)27(62)25(32)60/h9,11-44,46-51,53-67H,3-8H2,1-2H3,(H,45,52)/t9-,11+,12+,13+,14+,15+,16+,17+,18+,19-,20-,21-,22-,23+,24-,25+,26+,27+,28-,29+,30+,31+,32+,33-,34+,35-,36-,37+,38?,39-,40-,41+,42-,43+,44-/m0/s1. The molecule has 36 nitrogen and oxygen atoms in total. The Morgan fingerprint density at radius 1 is 0.325 bits per heavy atom. The van der Waals surface area contributed by atoms with E-state index < -0.39 is 260 Å². The number of carbonyl (C=O) groups is 1. The number of aliphatic hydroxyl groups excluding tert-OH is 21. The molecule has 0 spiro atoms. The first-order valence-corrected chi connectivity index (χ1v) is 25.5. The van der Waals surface area contributed by atoms with Crippen LogP contribution in [0.5, 0.6) is 0 Å². The molecule has 7 fully saturated rings. The zero-order valence-corrected chi connectivity index (χ0v) is 42.6. The molecule has 7 aliphatic rings. The number of nitrogens with one attached hydrogen (secondary N) is 1. The van der Waals surface area contributed by atoms with Crippen LogP contribution in [-0.4, -0.2) is 368 Å². The van der Waals surface area contributed by atoms with Gasteiger partial charge in [-0.1, -0.05) is 0 Å². The van der Waals surface area contributed by atoms with Gasteiger partial charge in [-0.2, -0.15) is 0 Å². The van der Waals surface area contributed by atoms with Crippen molar-refractivity contribution in [3.05, 3.63) is 0 Å². The van der Waals surface area contributed by atoms with Crippen LogP contribution in [-0.2, 0) is 66.4 Å². The Kier molecular flexibility index (Phi) is 23.0. The van der Waals surface area contributed by atoms with E-state index in [1.165, 1.54) is 6.92 Å². The van der Waals surface area contributed by atoms with Crippen molar-refractivity contribution in [1.82, 2.24) is 5.32 Å². The van der Waals surface area contributed by atoms with Gasteiger partial charge in [0.2, 0.25) is 5.91 Å². The number of hydrogen-bond donors (Lipinski definition) is 22. The molecule has 36 heteroatoms. The Labute approximate surface area is 452 Å². The second kappa shape index (κ2) is 28.1. The predicted molar refractivity (Wildman–Crippen MR) is 242 cm³/mol. The second-order valence-corrected chi connectivity index (χ2v) is 20.3. The third kappa shape index (κ3) is 13.5. The van der Waals surface area contributed by atoms with Crippen LogP contribution in [0.2, 0.25) is 0 Å².